The molecule has 29 heavy (non-hydrogen) atoms. The van der Waals surface area contributed by atoms with Crippen molar-refractivity contribution in [2.45, 2.75) is 37.3 Å². The predicted molar refractivity (Wildman–Crippen MR) is 115 cm³/mol. The molecule has 0 aliphatic heterocycles. The van der Waals surface area contributed by atoms with E-state index in [9.17, 15) is 9.90 Å². The molecular formula is C24H21ClN2O2. The Morgan fingerprint density at radius 2 is 2.07 bits per heavy atom. The number of carbonyl (C=O) groups excluding carboxylic acids is 1. The molecule has 2 N–H and O–H groups in total. The molecule has 4 nitrogen and oxygen atoms in total. The van der Waals surface area contributed by atoms with Gasteiger partial charge in [-0.2, -0.15) is 0 Å². The lowest BCUT2D eigenvalue weighted by atomic mass is 9.82. The number of fused-ring (bicyclic) bond motifs is 1. The van der Waals surface area contributed by atoms with Gasteiger partial charge in [-0.1, -0.05) is 53.8 Å². The van der Waals surface area contributed by atoms with E-state index in [4.69, 9.17) is 11.6 Å². The van der Waals surface area contributed by atoms with Crippen LogP contribution < -0.4 is 5.32 Å². The van der Waals surface area contributed by atoms with Crippen molar-refractivity contribution >= 4 is 28.3 Å². The van der Waals surface area contributed by atoms with Gasteiger partial charge in [0.05, 0.1) is 0 Å². The molecule has 1 aliphatic carbocycles. The molecule has 1 aromatic heterocycles. The number of hydrogen-bond acceptors (Lipinski definition) is 3. The van der Waals surface area contributed by atoms with Crippen LogP contribution >= 0.6 is 11.6 Å². The number of amides is 1. The second-order valence-electron chi connectivity index (χ2n) is 7.44. The first-order valence-electron chi connectivity index (χ1n) is 9.68. The fourth-order valence-corrected chi connectivity index (χ4v) is 3.99. The molecule has 2 atom stereocenters. The zero-order valence-corrected chi connectivity index (χ0v) is 16.6. The summed E-state index contributed by atoms with van der Waals surface area (Å²) in [6, 6.07) is 16.7. The molecule has 3 aromatic rings. The van der Waals surface area contributed by atoms with Crippen molar-refractivity contribution in [1.82, 2.24) is 10.3 Å². The highest BCUT2D eigenvalue weighted by Crippen LogP contribution is 2.28. The van der Waals surface area contributed by atoms with Gasteiger partial charge in [-0.25, -0.2) is 0 Å². The van der Waals surface area contributed by atoms with Crippen LogP contribution in [0.4, 0.5) is 0 Å². The number of aliphatic hydroxyl groups is 1. The van der Waals surface area contributed by atoms with E-state index >= 15 is 0 Å². The summed E-state index contributed by atoms with van der Waals surface area (Å²) >= 11 is 6.00. The SMILES string of the molecule is O=C(N[C@H]1CCC[C@@](O)(C#Cc2cccc(Cl)c2)C1)c1nccc2ccccc12. The molecule has 1 fully saturated rings. The highest BCUT2D eigenvalue weighted by Gasteiger charge is 2.34. The summed E-state index contributed by atoms with van der Waals surface area (Å²) in [4.78, 5) is 17.1. The molecule has 1 saturated carbocycles. The normalized spacial score (nSPS) is 21.2. The van der Waals surface area contributed by atoms with Crippen molar-refractivity contribution in [1.29, 1.82) is 0 Å². The molecule has 146 valence electrons. The van der Waals surface area contributed by atoms with Gasteiger partial charge < -0.3 is 10.4 Å². The third kappa shape index (κ3) is 4.59. The summed E-state index contributed by atoms with van der Waals surface area (Å²) in [6.07, 6.45) is 4.20. The number of nitrogens with zero attached hydrogens (tertiary/aromatic N) is 1. The van der Waals surface area contributed by atoms with Crippen LogP contribution in [0.15, 0.2) is 60.8 Å². The van der Waals surface area contributed by atoms with E-state index in [0.29, 0.717) is 23.6 Å². The number of nitrogens with one attached hydrogen (secondary N) is 1. The third-order valence-corrected chi connectivity index (χ3v) is 5.45. The number of benzene rings is 2. The minimum Gasteiger partial charge on any atom is -0.378 e. The molecule has 0 unspecified atom stereocenters. The molecule has 0 radical (unpaired) electrons. The van der Waals surface area contributed by atoms with Crippen molar-refractivity contribution in [3.05, 3.63) is 77.1 Å². The van der Waals surface area contributed by atoms with Crippen LogP contribution in [0.5, 0.6) is 0 Å². The predicted octanol–water partition coefficient (Wildman–Crippen LogP) is 4.34. The summed E-state index contributed by atoms with van der Waals surface area (Å²) in [5.41, 5.74) is 0.0318. The van der Waals surface area contributed by atoms with Crippen LogP contribution in [0, 0.1) is 11.8 Å². The molecular weight excluding hydrogens is 384 g/mol. The Labute approximate surface area is 174 Å². The van der Waals surface area contributed by atoms with Gasteiger partial charge in [-0.3, -0.25) is 9.78 Å². The van der Waals surface area contributed by atoms with Gasteiger partial charge in [-0.05, 0) is 48.9 Å². The third-order valence-electron chi connectivity index (χ3n) is 5.22. The average Bonchev–Trinajstić information content (AvgIpc) is 2.72. The van der Waals surface area contributed by atoms with E-state index in [0.717, 1.165) is 29.2 Å². The number of rotatable bonds is 2. The van der Waals surface area contributed by atoms with Gasteiger partial charge in [0.1, 0.15) is 11.3 Å². The summed E-state index contributed by atoms with van der Waals surface area (Å²) in [5.74, 6) is 5.79. The second kappa shape index (κ2) is 8.24. The highest BCUT2D eigenvalue weighted by molar-refractivity contribution is 6.30. The van der Waals surface area contributed by atoms with E-state index in [2.05, 4.69) is 22.1 Å². The quantitative estimate of drug-likeness (QED) is 0.624. The zero-order chi connectivity index (χ0) is 20.3. The van der Waals surface area contributed by atoms with Crippen molar-refractivity contribution in [2.24, 2.45) is 0 Å². The minimum atomic E-state index is -1.13. The fraction of sp³-hybridized carbons (Fsp3) is 0.250. The topological polar surface area (TPSA) is 62.2 Å². The maximum atomic E-state index is 12.8. The molecule has 0 spiro atoms. The maximum absolute atomic E-state index is 12.8. The molecule has 1 aliphatic rings. The van der Waals surface area contributed by atoms with Crippen LogP contribution in [0.3, 0.4) is 0 Å². The van der Waals surface area contributed by atoms with Gasteiger partial charge in [-0.15, -0.1) is 0 Å². The van der Waals surface area contributed by atoms with E-state index in [1.807, 2.05) is 42.5 Å². The zero-order valence-electron chi connectivity index (χ0n) is 15.9. The van der Waals surface area contributed by atoms with Crippen LogP contribution in [-0.4, -0.2) is 27.6 Å². The van der Waals surface area contributed by atoms with E-state index in [1.165, 1.54) is 0 Å². The lowest BCUT2D eigenvalue weighted by Gasteiger charge is -2.33. The van der Waals surface area contributed by atoms with Gasteiger partial charge >= 0.3 is 0 Å². The lowest BCUT2D eigenvalue weighted by Crippen LogP contribution is -2.45. The summed E-state index contributed by atoms with van der Waals surface area (Å²) in [7, 11) is 0. The van der Waals surface area contributed by atoms with Gasteiger partial charge in [0, 0.05) is 34.6 Å². The van der Waals surface area contributed by atoms with Crippen molar-refractivity contribution in [3.8, 4) is 11.8 Å². The maximum Gasteiger partial charge on any atom is 0.270 e. The Balaban J connectivity index is 1.49. The average molecular weight is 405 g/mol. The van der Waals surface area contributed by atoms with E-state index < -0.39 is 5.60 Å². The number of carbonyl (C=O) groups is 1. The molecule has 5 heteroatoms. The standard InChI is InChI=1S/C24H21ClN2O2/c25-19-7-3-5-17(15-19)10-13-24(29)12-4-8-20(16-24)27-23(28)22-21-9-2-1-6-18(21)11-14-26-22/h1-3,5-7,9,11,14-15,20,29H,4,8,12,16H2,(H,27,28)/t20-,24+/m0/s1. The van der Waals surface area contributed by atoms with Gasteiger partial charge in [0.15, 0.2) is 0 Å². The minimum absolute atomic E-state index is 0.157. The molecule has 4 rings (SSSR count). The fourth-order valence-electron chi connectivity index (χ4n) is 3.80. The van der Waals surface area contributed by atoms with Crippen molar-refractivity contribution in [2.75, 3.05) is 0 Å². The summed E-state index contributed by atoms with van der Waals surface area (Å²) < 4.78 is 0. The summed E-state index contributed by atoms with van der Waals surface area (Å²) in [6.45, 7) is 0. The largest absolute Gasteiger partial charge is 0.378 e. The van der Waals surface area contributed by atoms with E-state index in [1.54, 1.807) is 18.3 Å². The monoisotopic (exact) mass is 404 g/mol. The van der Waals surface area contributed by atoms with Gasteiger partial charge in [0.2, 0.25) is 0 Å². The van der Waals surface area contributed by atoms with Crippen molar-refractivity contribution in [3.63, 3.8) is 0 Å². The van der Waals surface area contributed by atoms with Crippen molar-refractivity contribution < 1.29 is 9.90 Å². The van der Waals surface area contributed by atoms with Crippen LogP contribution in [0.1, 0.15) is 41.7 Å². The van der Waals surface area contributed by atoms with Crippen LogP contribution in [-0.2, 0) is 0 Å². The number of aromatic nitrogens is 1. The molecule has 1 heterocycles. The van der Waals surface area contributed by atoms with Crippen LogP contribution in [0.2, 0.25) is 5.02 Å². The highest BCUT2D eigenvalue weighted by atomic mass is 35.5. The molecule has 0 saturated heterocycles. The number of pyridine rings is 1. The Hall–Kier alpha value is -2.87. The first-order valence-corrected chi connectivity index (χ1v) is 10.1. The second-order valence-corrected chi connectivity index (χ2v) is 7.88. The number of halogens is 1. The number of hydrogen-bond donors (Lipinski definition) is 2. The Bertz CT molecular complexity index is 1110. The van der Waals surface area contributed by atoms with Crippen LogP contribution in [0.25, 0.3) is 10.8 Å². The molecule has 0 bridgehead atoms. The molecule has 2 aromatic carbocycles. The first-order chi connectivity index (χ1) is 14.0. The lowest BCUT2D eigenvalue weighted by molar-refractivity contribution is 0.0452. The Kier molecular flexibility index (Phi) is 5.53. The summed E-state index contributed by atoms with van der Waals surface area (Å²) in [5, 5.41) is 16.4. The Morgan fingerprint density at radius 1 is 1.21 bits per heavy atom. The Morgan fingerprint density at radius 3 is 2.93 bits per heavy atom. The smallest absolute Gasteiger partial charge is 0.270 e. The molecule has 1 amide bonds. The first kappa shape index (κ1) is 19.4. The van der Waals surface area contributed by atoms with Gasteiger partial charge in [0.25, 0.3) is 5.91 Å². The van der Waals surface area contributed by atoms with E-state index in [-0.39, 0.29) is 11.9 Å².